The van der Waals surface area contributed by atoms with E-state index < -0.39 is 21.3 Å². The molecule has 2 unspecified atom stereocenters. The highest BCUT2D eigenvalue weighted by atomic mass is 32.2. The van der Waals surface area contributed by atoms with E-state index in [9.17, 15) is 13.8 Å². The number of piperazine rings is 1. The maximum absolute atomic E-state index is 12.5. The first-order valence-electron chi connectivity index (χ1n) is 10.1. The lowest BCUT2D eigenvalue weighted by Gasteiger charge is -2.38. The maximum atomic E-state index is 12.5. The number of hydrogen-bond donors (Lipinski definition) is 0. The third-order valence-electron chi connectivity index (χ3n) is 5.89. The number of likely N-dealkylation sites (tertiary alicyclic amines) is 1. The van der Waals surface area contributed by atoms with Crippen molar-refractivity contribution in [2.24, 2.45) is 0 Å². The van der Waals surface area contributed by atoms with E-state index in [1.807, 2.05) is 6.07 Å². The Balaban J connectivity index is 1.20. The van der Waals surface area contributed by atoms with Crippen molar-refractivity contribution in [3.63, 3.8) is 0 Å². The van der Waals surface area contributed by atoms with Crippen LogP contribution < -0.4 is 4.90 Å². The minimum atomic E-state index is -1.31. The Labute approximate surface area is 167 Å². The molecule has 9 heteroatoms. The fourth-order valence-electron chi connectivity index (χ4n) is 4.27. The van der Waals surface area contributed by atoms with Crippen LogP contribution in [0.1, 0.15) is 32.1 Å². The predicted octanol–water partition coefficient (Wildman–Crippen LogP) is 0.417. The highest BCUT2D eigenvalue weighted by molar-refractivity contribution is 7.88. The third-order valence-corrected chi connectivity index (χ3v) is 7.89. The molecule has 4 heterocycles. The number of amides is 2. The molecule has 3 aliphatic rings. The van der Waals surface area contributed by atoms with Gasteiger partial charge in [0.25, 0.3) is 0 Å². The van der Waals surface area contributed by atoms with Crippen LogP contribution >= 0.6 is 0 Å². The number of carbonyl (C=O) groups is 2. The average Bonchev–Trinajstić information content (AvgIpc) is 2.73. The van der Waals surface area contributed by atoms with Crippen molar-refractivity contribution in [1.82, 2.24) is 19.8 Å². The number of rotatable bonds is 6. The van der Waals surface area contributed by atoms with Crippen LogP contribution in [0.15, 0.2) is 18.5 Å². The van der Waals surface area contributed by atoms with Gasteiger partial charge in [-0.1, -0.05) is 0 Å². The van der Waals surface area contributed by atoms with Crippen molar-refractivity contribution in [3.8, 4) is 0 Å². The zero-order valence-electron chi connectivity index (χ0n) is 16.0. The molecule has 1 aromatic heterocycles. The number of imide groups is 1. The highest BCUT2D eigenvalue weighted by Gasteiger charge is 2.48. The molecule has 2 bridgehead atoms. The topological polar surface area (TPSA) is 86.7 Å². The predicted molar refractivity (Wildman–Crippen MR) is 106 cm³/mol. The fourth-order valence-corrected chi connectivity index (χ4v) is 6.12. The highest BCUT2D eigenvalue weighted by Crippen LogP contribution is 2.30. The summed E-state index contributed by atoms with van der Waals surface area (Å²) < 4.78 is 12.3. The Morgan fingerprint density at radius 2 is 1.54 bits per heavy atom. The molecule has 0 N–H and O–H groups in total. The number of fused-ring (bicyclic) bond motifs is 2. The molecule has 1 aromatic rings. The van der Waals surface area contributed by atoms with E-state index in [1.54, 1.807) is 12.4 Å². The summed E-state index contributed by atoms with van der Waals surface area (Å²) in [5.74, 6) is 0.360. The summed E-state index contributed by atoms with van der Waals surface area (Å²) in [7, 11) is -1.31. The smallest absolute Gasteiger partial charge is 0.244 e. The summed E-state index contributed by atoms with van der Waals surface area (Å²) >= 11 is 0. The molecule has 2 amide bonds. The lowest BCUT2D eigenvalue weighted by molar-refractivity contribution is -0.146. The standard InChI is InChI=1S/C19H27N5O3S/c25-17-15-5-3-6-16(28(15)27)18(26)24(17)10-2-1-9-22-11-13-23(14-12-22)19-20-7-4-8-21-19/h4,7-8,15-16H,1-3,5-6,9-14H2. The van der Waals surface area contributed by atoms with Gasteiger partial charge in [0.2, 0.25) is 17.8 Å². The normalized spacial score (nSPS) is 28.6. The Morgan fingerprint density at radius 1 is 0.929 bits per heavy atom. The molecule has 0 saturated carbocycles. The van der Waals surface area contributed by atoms with Crippen LogP contribution in [0.25, 0.3) is 0 Å². The van der Waals surface area contributed by atoms with E-state index in [2.05, 4.69) is 19.8 Å². The monoisotopic (exact) mass is 405 g/mol. The van der Waals surface area contributed by atoms with Gasteiger partial charge in [-0.15, -0.1) is 0 Å². The number of hydrogen-bond acceptors (Lipinski definition) is 7. The summed E-state index contributed by atoms with van der Waals surface area (Å²) in [6, 6.07) is 1.82. The molecule has 28 heavy (non-hydrogen) atoms. The average molecular weight is 406 g/mol. The first-order valence-corrected chi connectivity index (χ1v) is 11.4. The van der Waals surface area contributed by atoms with E-state index in [0.717, 1.165) is 57.9 Å². The minimum absolute atomic E-state index is 0.212. The maximum Gasteiger partial charge on any atom is 0.244 e. The van der Waals surface area contributed by atoms with Gasteiger partial charge in [0.1, 0.15) is 10.5 Å². The minimum Gasteiger partial charge on any atom is -0.338 e. The van der Waals surface area contributed by atoms with Crippen molar-refractivity contribution in [3.05, 3.63) is 18.5 Å². The van der Waals surface area contributed by atoms with Gasteiger partial charge in [0.05, 0.1) is 0 Å². The van der Waals surface area contributed by atoms with Crippen molar-refractivity contribution >= 4 is 28.6 Å². The molecule has 8 nitrogen and oxygen atoms in total. The lowest BCUT2D eigenvalue weighted by Crippen LogP contribution is -2.59. The van der Waals surface area contributed by atoms with Crippen LogP contribution in [-0.2, 0) is 20.4 Å². The van der Waals surface area contributed by atoms with Gasteiger partial charge in [-0.2, -0.15) is 0 Å². The van der Waals surface area contributed by atoms with Crippen LogP contribution in [0.2, 0.25) is 0 Å². The second kappa shape index (κ2) is 8.65. The SMILES string of the molecule is O=C1C2CCCC(C(=O)N1CCCCN1CCN(c3ncccn3)CC1)S2=O. The van der Waals surface area contributed by atoms with Crippen LogP contribution in [0.5, 0.6) is 0 Å². The molecule has 3 fully saturated rings. The Morgan fingerprint density at radius 3 is 2.18 bits per heavy atom. The Bertz CT molecular complexity index is 712. The molecule has 0 aromatic carbocycles. The second-order valence-corrected chi connectivity index (χ2v) is 9.44. The second-order valence-electron chi connectivity index (χ2n) is 7.65. The number of aromatic nitrogens is 2. The van der Waals surface area contributed by atoms with Gasteiger partial charge in [-0.05, 0) is 44.7 Å². The van der Waals surface area contributed by atoms with Crippen molar-refractivity contribution < 1.29 is 13.8 Å². The molecule has 0 aliphatic carbocycles. The largest absolute Gasteiger partial charge is 0.338 e. The number of carbonyl (C=O) groups excluding carboxylic acids is 2. The number of unbranched alkanes of at least 4 members (excludes halogenated alkanes) is 1. The zero-order chi connectivity index (χ0) is 19.5. The van der Waals surface area contributed by atoms with Crippen LogP contribution in [0.4, 0.5) is 5.95 Å². The molecule has 0 spiro atoms. The molecule has 0 radical (unpaired) electrons. The van der Waals surface area contributed by atoms with Gasteiger partial charge in [0, 0.05) is 55.9 Å². The van der Waals surface area contributed by atoms with Crippen molar-refractivity contribution in [2.75, 3.05) is 44.2 Å². The van der Waals surface area contributed by atoms with Gasteiger partial charge in [-0.3, -0.25) is 23.6 Å². The number of anilines is 1. The van der Waals surface area contributed by atoms with Crippen molar-refractivity contribution in [2.45, 2.75) is 42.6 Å². The third kappa shape index (κ3) is 3.96. The molecular formula is C19H27N5O3S. The number of nitrogens with zero attached hydrogens (tertiary/aromatic N) is 5. The zero-order valence-corrected chi connectivity index (χ0v) is 16.9. The molecular weight excluding hydrogens is 378 g/mol. The first kappa shape index (κ1) is 19.4. The van der Waals surface area contributed by atoms with E-state index >= 15 is 0 Å². The summed E-state index contributed by atoms with van der Waals surface area (Å²) in [6.07, 6.45) is 7.40. The quantitative estimate of drug-likeness (QED) is 0.501. The van der Waals surface area contributed by atoms with Crippen LogP contribution in [0, 0.1) is 0 Å². The van der Waals surface area contributed by atoms with E-state index in [0.29, 0.717) is 19.4 Å². The van der Waals surface area contributed by atoms with E-state index in [4.69, 9.17) is 0 Å². The molecule has 3 saturated heterocycles. The van der Waals surface area contributed by atoms with E-state index in [-0.39, 0.29) is 11.8 Å². The van der Waals surface area contributed by atoms with Gasteiger partial charge < -0.3 is 4.90 Å². The van der Waals surface area contributed by atoms with Gasteiger partial charge in [-0.25, -0.2) is 9.97 Å². The van der Waals surface area contributed by atoms with Crippen LogP contribution in [0.3, 0.4) is 0 Å². The fraction of sp³-hybridized carbons (Fsp3) is 0.684. The first-order chi connectivity index (χ1) is 13.6. The summed E-state index contributed by atoms with van der Waals surface area (Å²) in [4.78, 5) is 39.6. The Hall–Kier alpha value is -1.87. The van der Waals surface area contributed by atoms with Gasteiger partial charge in [0.15, 0.2) is 0 Å². The van der Waals surface area contributed by atoms with Crippen LogP contribution in [-0.4, -0.2) is 85.6 Å². The Kier molecular flexibility index (Phi) is 6.01. The summed E-state index contributed by atoms with van der Waals surface area (Å²) in [6.45, 7) is 5.15. The molecule has 4 rings (SSSR count). The molecule has 2 atom stereocenters. The molecule has 152 valence electrons. The summed E-state index contributed by atoms with van der Waals surface area (Å²) in [5, 5.41) is -0.908. The molecule has 3 aliphatic heterocycles. The summed E-state index contributed by atoms with van der Waals surface area (Å²) in [5.41, 5.74) is 0. The van der Waals surface area contributed by atoms with E-state index in [1.165, 1.54) is 4.90 Å². The lowest BCUT2D eigenvalue weighted by atomic mass is 10.0. The van der Waals surface area contributed by atoms with Gasteiger partial charge >= 0.3 is 0 Å². The van der Waals surface area contributed by atoms with Crippen molar-refractivity contribution in [1.29, 1.82) is 0 Å².